The lowest BCUT2D eigenvalue weighted by atomic mass is 9.47. The summed E-state index contributed by atoms with van der Waals surface area (Å²) in [5.41, 5.74) is -1.89. The first-order chi connectivity index (χ1) is 12.1. The monoisotopic (exact) mass is 358 g/mol. The number of ether oxygens (including phenoxy) is 1. The minimum Gasteiger partial charge on any atom is -0.479 e. The number of ketones is 1. The molecular weight excluding hydrogens is 332 g/mol. The van der Waals surface area contributed by atoms with Crippen molar-refractivity contribution in [3.63, 3.8) is 0 Å². The molecule has 5 nitrogen and oxygen atoms in total. The maximum atomic E-state index is 12.1. The molecule has 0 radical (unpaired) electrons. The summed E-state index contributed by atoms with van der Waals surface area (Å²) in [7, 11) is 0. The summed E-state index contributed by atoms with van der Waals surface area (Å²) in [4.78, 5) is 23.9. The van der Waals surface area contributed by atoms with Crippen LogP contribution in [0.1, 0.15) is 46.5 Å². The normalized spacial score (nSPS) is 56.8. The number of fused-ring (bicyclic) bond motifs is 3. The average molecular weight is 358 g/mol. The van der Waals surface area contributed by atoms with Crippen molar-refractivity contribution in [2.75, 3.05) is 0 Å². The number of aliphatic hydroxyl groups is 1. The molecule has 4 unspecified atom stereocenters. The quantitative estimate of drug-likeness (QED) is 0.703. The van der Waals surface area contributed by atoms with Gasteiger partial charge in [0.05, 0.1) is 6.10 Å². The van der Waals surface area contributed by atoms with Crippen LogP contribution < -0.4 is 0 Å². The number of rotatable bonds is 1. The molecule has 0 aromatic heterocycles. The van der Waals surface area contributed by atoms with Crippen LogP contribution in [0.25, 0.3) is 0 Å². The Labute approximate surface area is 153 Å². The largest absolute Gasteiger partial charge is 0.479 e. The van der Waals surface area contributed by atoms with Crippen molar-refractivity contribution >= 4 is 11.8 Å². The topological polar surface area (TPSA) is 87.1 Å². The molecule has 1 heterocycles. The highest BCUT2D eigenvalue weighted by atomic mass is 16.6. The number of carboxylic acid groups (broad SMARTS) is 1. The van der Waals surface area contributed by atoms with Gasteiger partial charge in [0.15, 0.2) is 11.4 Å². The van der Waals surface area contributed by atoms with E-state index in [1.807, 2.05) is 19.9 Å². The van der Waals surface area contributed by atoms with Crippen LogP contribution in [-0.2, 0) is 14.3 Å². The third kappa shape index (κ3) is 1.50. The fourth-order valence-corrected chi connectivity index (χ4v) is 7.44. The maximum Gasteiger partial charge on any atom is 0.336 e. The van der Waals surface area contributed by atoms with Gasteiger partial charge in [0.1, 0.15) is 5.60 Å². The van der Waals surface area contributed by atoms with Gasteiger partial charge in [0, 0.05) is 10.8 Å². The molecule has 0 bridgehead atoms. The van der Waals surface area contributed by atoms with Gasteiger partial charge >= 0.3 is 5.97 Å². The zero-order chi connectivity index (χ0) is 18.7. The van der Waals surface area contributed by atoms with Crippen LogP contribution >= 0.6 is 0 Å². The molecule has 4 aliphatic carbocycles. The van der Waals surface area contributed by atoms with Crippen molar-refractivity contribution in [3.05, 3.63) is 23.8 Å². The maximum absolute atomic E-state index is 12.1. The zero-order valence-corrected chi connectivity index (χ0v) is 15.5. The number of allylic oxidation sites excluding steroid dienone is 2. The molecule has 8 atom stereocenters. The molecule has 2 N–H and O–H groups in total. The van der Waals surface area contributed by atoms with Crippen LogP contribution in [0.5, 0.6) is 0 Å². The van der Waals surface area contributed by atoms with Crippen LogP contribution in [0, 0.1) is 28.6 Å². The number of carbonyl (C=O) groups excluding carboxylic acids is 1. The number of hydrogen-bond donors (Lipinski definition) is 2. The predicted molar refractivity (Wildman–Crippen MR) is 93.2 cm³/mol. The number of carbonyl (C=O) groups is 2. The summed E-state index contributed by atoms with van der Waals surface area (Å²) < 4.78 is 6.38. The van der Waals surface area contributed by atoms with E-state index in [4.69, 9.17) is 4.74 Å². The first kappa shape index (κ1) is 16.7. The van der Waals surface area contributed by atoms with E-state index in [1.54, 1.807) is 12.2 Å². The van der Waals surface area contributed by atoms with Gasteiger partial charge in [-0.05, 0) is 62.5 Å². The van der Waals surface area contributed by atoms with Crippen molar-refractivity contribution in [1.82, 2.24) is 0 Å². The Kier molecular flexibility index (Phi) is 2.89. The summed E-state index contributed by atoms with van der Waals surface area (Å²) in [6.45, 7) is 5.99. The van der Waals surface area contributed by atoms with Crippen molar-refractivity contribution in [3.8, 4) is 0 Å². The number of carboxylic acids is 1. The summed E-state index contributed by atoms with van der Waals surface area (Å²) in [6.07, 6.45) is 8.37. The molecule has 26 heavy (non-hydrogen) atoms. The minimum atomic E-state index is -1.70. The van der Waals surface area contributed by atoms with Crippen molar-refractivity contribution in [2.24, 2.45) is 28.6 Å². The van der Waals surface area contributed by atoms with Gasteiger partial charge in [-0.3, -0.25) is 4.79 Å². The molecule has 5 heteroatoms. The van der Waals surface area contributed by atoms with Crippen LogP contribution in [0.15, 0.2) is 23.8 Å². The molecule has 4 fully saturated rings. The van der Waals surface area contributed by atoms with E-state index in [1.165, 1.54) is 0 Å². The highest BCUT2D eigenvalue weighted by molar-refractivity contribution is 6.01. The van der Waals surface area contributed by atoms with Crippen LogP contribution in [0.2, 0.25) is 0 Å². The smallest absolute Gasteiger partial charge is 0.336 e. The Bertz CT molecular complexity index is 798. The lowest BCUT2D eigenvalue weighted by Gasteiger charge is -2.55. The molecule has 0 amide bonds. The summed E-state index contributed by atoms with van der Waals surface area (Å²) >= 11 is 0. The first-order valence-corrected chi connectivity index (χ1v) is 9.69. The Balaban J connectivity index is 1.62. The van der Waals surface area contributed by atoms with Crippen molar-refractivity contribution in [1.29, 1.82) is 0 Å². The number of epoxide rings is 1. The third-order valence-electron chi connectivity index (χ3n) is 8.84. The van der Waals surface area contributed by atoms with E-state index in [-0.39, 0.29) is 40.7 Å². The molecule has 1 aliphatic heterocycles. The second-order valence-electron chi connectivity index (χ2n) is 9.59. The molecule has 0 aromatic carbocycles. The predicted octanol–water partition coefficient (Wildman–Crippen LogP) is 2.49. The molecular formula is C21H26O5. The Morgan fingerprint density at radius 1 is 1.31 bits per heavy atom. The average Bonchev–Trinajstić information content (AvgIpc) is 3.25. The first-order valence-electron chi connectivity index (χ1n) is 9.69. The summed E-state index contributed by atoms with van der Waals surface area (Å²) in [5.74, 6) is -1.02. The van der Waals surface area contributed by atoms with E-state index < -0.39 is 17.0 Å². The molecule has 1 saturated heterocycles. The van der Waals surface area contributed by atoms with Gasteiger partial charge in [0.2, 0.25) is 0 Å². The lowest BCUT2D eigenvalue weighted by molar-refractivity contribution is -0.183. The van der Waals surface area contributed by atoms with Crippen LogP contribution in [-0.4, -0.2) is 39.3 Å². The molecule has 5 rings (SSSR count). The highest BCUT2D eigenvalue weighted by Gasteiger charge is 2.82. The number of aliphatic carboxylic acids is 1. The van der Waals surface area contributed by atoms with Gasteiger partial charge < -0.3 is 14.9 Å². The van der Waals surface area contributed by atoms with Crippen molar-refractivity contribution in [2.45, 2.75) is 63.8 Å². The van der Waals surface area contributed by atoms with Gasteiger partial charge in [-0.15, -0.1) is 0 Å². The zero-order valence-electron chi connectivity index (χ0n) is 15.5. The van der Waals surface area contributed by atoms with Gasteiger partial charge in [-0.25, -0.2) is 4.79 Å². The second kappa shape index (κ2) is 4.50. The highest BCUT2D eigenvalue weighted by Crippen LogP contribution is 2.76. The summed E-state index contributed by atoms with van der Waals surface area (Å²) in [5, 5.41) is 21.1. The van der Waals surface area contributed by atoms with E-state index in [0.717, 1.165) is 18.4 Å². The standard InChI is InChI=1S/C21H26O5/c1-11-8-15-14-5-4-12-9-13(22)6-7-18(12,2)21(14)16(26-21)10-19(15,3)20(11,25)17(23)24/h6-7,9,11,14-16,25H,4-5,8,10H2,1-3H3,(H,23,24)/t11-,14?,15?,16+,18?,19?,20+,21-/m1/s1. The van der Waals surface area contributed by atoms with E-state index >= 15 is 0 Å². The number of hydrogen-bond acceptors (Lipinski definition) is 4. The van der Waals surface area contributed by atoms with E-state index in [9.17, 15) is 19.8 Å². The third-order valence-corrected chi connectivity index (χ3v) is 8.84. The molecule has 140 valence electrons. The molecule has 0 aromatic rings. The SMILES string of the molecule is C[C@@H]1CC2C3CCC4=CC(=O)C=CC4(C)[C@@]34O[C@H]4CC2(C)[C@@]1(O)C(=O)O. The van der Waals surface area contributed by atoms with Crippen molar-refractivity contribution < 1.29 is 24.5 Å². The van der Waals surface area contributed by atoms with E-state index in [2.05, 4.69) is 6.92 Å². The van der Waals surface area contributed by atoms with E-state index in [0.29, 0.717) is 12.8 Å². The van der Waals surface area contributed by atoms with Gasteiger partial charge in [-0.2, -0.15) is 0 Å². The second-order valence-corrected chi connectivity index (χ2v) is 9.59. The van der Waals surface area contributed by atoms with Gasteiger partial charge in [-0.1, -0.05) is 25.5 Å². The molecule has 5 aliphatic rings. The minimum absolute atomic E-state index is 0.0416. The molecule has 1 spiro atoms. The Morgan fingerprint density at radius 2 is 2.04 bits per heavy atom. The fraction of sp³-hybridized carbons (Fsp3) is 0.714. The van der Waals surface area contributed by atoms with Crippen LogP contribution in [0.3, 0.4) is 0 Å². The Morgan fingerprint density at radius 3 is 2.73 bits per heavy atom. The van der Waals surface area contributed by atoms with Crippen LogP contribution in [0.4, 0.5) is 0 Å². The lowest BCUT2D eigenvalue weighted by Crippen LogP contribution is -2.61. The summed E-state index contributed by atoms with van der Waals surface area (Å²) in [6, 6.07) is 0. The fourth-order valence-electron chi connectivity index (χ4n) is 7.44. The Hall–Kier alpha value is -1.46. The molecule has 3 saturated carbocycles. The van der Waals surface area contributed by atoms with Gasteiger partial charge in [0.25, 0.3) is 0 Å².